The van der Waals surface area contributed by atoms with Gasteiger partial charge in [0.15, 0.2) is 5.82 Å². The Bertz CT molecular complexity index is 1060. The summed E-state index contributed by atoms with van der Waals surface area (Å²) in [6.07, 6.45) is 0. The van der Waals surface area contributed by atoms with Crippen LogP contribution in [0.2, 0.25) is 5.02 Å². The molecule has 7 heteroatoms. The topological polar surface area (TPSA) is 64.3 Å². The first kappa shape index (κ1) is 14.7. The average Bonchev–Trinajstić information content (AvgIpc) is 2.98. The van der Waals surface area contributed by atoms with Gasteiger partial charge in [-0.15, -0.1) is 10.2 Å². The van der Waals surface area contributed by atoms with Crippen molar-refractivity contribution in [2.75, 3.05) is 12.4 Å². The normalized spacial score (nSPS) is 11.1. The van der Waals surface area contributed by atoms with E-state index in [-0.39, 0.29) is 0 Å². The zero-order chi connectivity index (χ0) is 16.7. The summed E-state index contributed by atoms with van der Waals surface area (Å²) in [4.78, 5) is 4.68. The minimum Gasteiger partial charge on any atom is -0.495 e. The molecule has 120 valence electrons. The van der Waals surface area contributed by atoms with Crippen molar-refractivity contribution >= 4 is 39.8 Å². The predicted molar refractivity (Wildman–Crippen MR) is 94.3 cm³/mol. The summed E-state index contributed by atoms with van der Waals surface area (Å²) < 4.78 is 7.36. The number of halogens is 1. The van der Waals surface area contributed by atoms with Gasteiger partial charge >= 0.3 is 0 Å². The number of para-hydroxylation sites is 2. The maximum atomic E-state index is 6.11. The van der Waals surface area contributed by atoms with Crippen LogP contribution in [0.1, 0.15) is 5.82 Å². The van der Waals surface area contributed by atoms with Crippen molar-refractivity contribution in [1.29, 1.82) is 0 Å². The van der Waals surface area contributed by atoms with Gasteiger partial charge in [-0.25, -0.2) is 4.98 Å². The molecule has 0 aliphatic carbocycles. The molecule has 0 bridgehead atoms. The van der Waals surface area contributed by atoms with Gasteiger partial charge in [-0.3, -0.25) is 4.40 Å². The van der Waals surface area contributed by atoms with E-state index in [1.54, 1.807) is 25.3 Å². The summed E-state index contributed by atoms with van der Waals surface area (Å²) >= 11 is 6.11. The summed E-state index contributed by atoms with van der Waals surface area (Å²) in [5, 5.41) is 12.3. The molecule has 24 heavy (non-hydrogen) atoms. The Labute approximate surface area is 143 Å². The van der Waals surface area contributed by atoms with Gasteiger partial charge in [-0.1, -0.05) is 23.7 Å². The molecular formula is C17H14ClN5O. The number of aryl methyl sites for hydroxylation is 1. The standard InChI is InChI=1S/C17H14ClN5O/c1-10-21-22-17-16(19-12-5-3-4-6-14(12)23(10)17)20-13-9-11(18)7-8-15(13)24-2/h3-9H,1-2H3,(H,19,20). The van der Waals surface area contributed by atoms with Gasteiger partial charge in [0, 0.05) is 5.02 Å². The third-order valence-electron chi connectivity index (χ3n) is 3.81. The van der Waals surface area contributed by atoms with E-state index >= 15 is 0 Å². The lowest BCUT2D eigenvalue weighted by atomic mass is 10.2. The van der Waals surface area contributed by atoms with Crippen molar-refractivity contribution in [3.8, 4) is 5.75 Å². The maximum Gasteiger partial charge on any atom is 0.204 e. The minimum absolute atomic E-state index is 0.592. The molecule has 0 saturated heterocycles. The summed E-state index contributed by atoms with van der Waals surface area (Å²) in [6.45, 7) is 1.91. The van der Waals surface area contributed by atoms with Gasteiger partial charge in [0.25, 0.3) is 0 Å². The highest BCUT2D eigenvalue weighted by atomic mass is 35.5. The van der Waals surface area contributed by atoms with Gasteiger partial charge in [0.05, 0.1) is 23.8 Å². The van der Waals surface area contributed by atoms with Gasteiger partial charge in [0.2, 0.25) is 5.65 Å². The van der Waals surface area contributed by atoms with Gasteiger partial charge in [-0.05, 0) is 37.3 Å². The molecule has 0 aliphatic rings. The number of fused-ring (bicyclic) bond motifs is 3. The number of rotatable bonds is 3. The first-order valence-electron chi connectivity index (χ1n) is 7.38. The first-order valence-corrected chi connectivity index (χ1v) is 7.76. The minimum atomic E-state index is 0.592. The van der Waals surface area contributed by atoms with E-state index in [1.807, 2.05) is 35.6 Å². The van der Waals surface area contributed by atoms with E-state index in [9.17, 15) is 0 Å². The highest BCUT2D eigenvalue weighted by molar-refractivity contribution is 6.31. The second-order valence-electron chi connectivity index (χ2n) is 5.32. The molecule has 0 saturated carbocycles. The molecule has 0 radical (unpaired) electrons. The number of nitrogens with zero attached hydrogens (tertiary/aromatic N) is 4. The van der Waals surface area contributed by atoms with Crippen LogP contribution in [0.25, 0.3) is 16.7 Å². The van der Waals surface area contributed by atoms with Gasteiger partial charge in [-0.2, -0.15) is 0 Å². The number of anilines is 2. The third-order valence-corrected chi connectivity index (χ3v) is 4.04. The molecular weight excluding hydrogens is 326 g/mol. The van der Waals surface area contributed by atoms with Crippen LogP contribution in [0.5, 0.6) is 5.75 Å². The summed E-state index contributed by atoms with van der Waals surface area (Å²) in [5.74, 6) is 2.06. The fourth-order valence-electron chi connectivity index (χ4n) is 2.71. The lowest BCUT2D eigenvalue weighted by molar-refractivity contribution is 0.417. The van der Waals surface area contributed by atoms with Gasteiger partial charge in [0.1, 0.15) is 11.6 Å². The van der Waals surface area contributed by atoms with Crippen LogP contribution >= 0.6 is 11.6 Å². The molecule has 0 aliphatic heterocycles. The van der Waals surface area contributed by atoms with E-state index in [4.69, 9.17) is 16.3 Å². The molecule has 0 amide bonds. The van der Waals surface area contributed by atoms with Crippen LogP contribution in [0.4, 0.5) is 11.5 Å². The van der Waals surface area contributed by atoms with E-state index in [0.717, 1.165) is 22.5 Å². The largest absolute Gasteiger partial charge is 0.495 e. The summed E-state index contributed by atoms with van der Waals surface area (Å²) in [6, 6.07) is 13.2. The maximum absolute atomic E-state index is 6.11. The fraction of sp³-hybridized carbons (Fsp3) is 0.118. The van der Waals surface area contributed by atoms with Gasteiger partial charge < -0.3 is 10.1 Å². The Morgan fingerprint density at radius 2 is 1.96 bits per heavy atom. The van der Waals surface area contributed by atoms with Crippen LogP contribution in [-0.2, 0) is 0 Å². The Kier molecular flexibility index (Phi) is 3.46. The third kappa shape index (κ3) is 2.32. The number of hydrogen-bond acceptors (Lipinski definition) is 5. The SMILES string of the molecule is COc1ccc(Cl)cc1Nc1nc2ccccc2n2c(C)nnc12. The highest BCUT2D eigenvalue weighted by Crippen LogP contribution is 2.32. The molecule has 4 aromatic rings. The molecule has 1 N–H and O–H groups in total. The molecule has 0 fully saturated rings. The van der Waals surface area contributed by atoms with Crippen LogP contribution in [0.15, 0.2) is 42.5 Å². The number of nitrogens with one attached hydrogen (secondary N) is 1. The monoisotopic (exact) mass is 339 g/mol. The second-order valence-corrected chi connectivity index (χ2v) is 5.76. The Morgan fingerprint density at radius 1 is 1.12 bits per heavy atom. The number of hydrogen-bond donors (Lipinski definition) is 1. The van der Waals surface area contributed by atoms with Crippen LogP contribution in [0.3, 0.4) is 0 Å². The number of benzene rings is 2. The van der Waals surface area contributed by atoms with Crippen molar-refractivity contribution in [1.82, 2.24) is 19.6 Å². The summed E-state index contributed by atoms with van der Waals surface area (Å²) in [7, 11) is 1.61. The number of aromatic nitrogens is 4. The quantitative estimate of drug-likeness (QED) is 0.611. The molecule has 2 aromatic heterocycles. The predicted octanol–water partition coefficient (Wildman–Crippen LogP) is 3.99. The smallest absolute Gasteiger partial charge is 0.204 e. The lowest BCUT2D eigenvalue weighted by Crippen LogP contribution is -2.02. The van der Waals surface area contributed by atoms with Crippen LogP contribution < -0.4 is 10.1 Å². The van der Waals surface area contributed by atoms with E-state index < -0.39 is 0 Å². The Morgan fingerprint density at radius 3 is 2.79 bits per heavy atom. The second kappa shape index (κ2) is 5.65. The Hall–Kier alpha value is -2.86. The fourth-order valence-corrected chi connectivity index (χ4v) is 2.88. The van der Waals surface area contributed by atoms with Crippen LogP contribution in [0, 0.1) is 6.92 Å². The lowest BCUT2D eigenvalue weighted by Gasteiger charge is -2.12. The van der Waals surface area contributed by atoms with Crippen molar-refractivity contribution < 1.29 is 4.74 Å². The molecule has 0 spiro atoms. The van der Waals surface area contributed by atoms with Crippen molar-refractivity contribution in [2.24, 2.45) is 0 Å². The van der Waals surface area contributed by atoms with E-state index in [1.165, 1.54) is 0 Å². The summed E-state index contributed by atoms with van der Waals surface area (Å²) in [5.41, 5.74) is 3.17. The molecule has 0 unspecified atom stereocenters. The molecule has 6 nitrogen and oxygen atoms in total. The number of methoxy groups -OCH3 is 1. The first-order chi connectivity index (χ1) is 11.7. The van der Waals surface area contributed by atoms with E-state index in [2.05, 4.69) is 20.5 Å². The van der Waals surface area contributed by atoms with Crippen molar-refractivity contribution in [3.63, 3.8) is 0 Å². The van der Waals surface area contributed by atoms with Crippen LogP contribution in [-0.4, -0.2) is 26.7 Å². The molecule has 2 heterocycles. The Balaban J connectivity index is 1.95. The van der Waals surface area contributed by atoms with E-state index in [0.29, 0.717) is 22.2 Å². The molecule has 2 aromatic carbocycles. The van der Waals surface area contributed by atoms with Crippen molar-refractivity contribution in [2.45, 2.75) is 6.92 Å². The molecule has 0 atom stereocenters. The highest BCUT2D eigenvalue weighted by Gasteiger charge is 2.14. The zero-order valence-electron chi connectivity index (χ0n) is 13.1. The zero-order valence-corrected chi connectivity index (χ0v) is 13.9. The number of ether oxygens (including phenoxy) is 1. The average molecular weight is 340 g/mol. The molecule has 4 rings (SSSR count). The van der Waals surface area contributed by atoms with Crippen molar-refractivity contribution in [3.05, 3.63) is 53.3 Å².